The van der Waals surface area contributed by atoms with E-state index in [9.17, 15) is 9.59 Å². The molecule has 0 fully saturated rings. The van der Waals surface area contributed by atoms with Gasteiger partial charge in [-0.25, -0.2) is 4.98 Å². The number of aromatic nitrogens is 3. The maximum absolute atomic E-state index is 13.1. The number of benzene rings is 2. The molecule has 2 aromatic carbocycles. The number of anilines is 1. The van der Waals surface area contributed by atoms with Crippen molar-refractivity contribution in [2.75, 3.05) is 25.3 Å². The number of nitrogens with one attached hydrogen (secondary N) is 2. The molecule has 0 aliphatic carbocycles. The number of H-pyrrole nitrogens is 1. The van der Waals surface area contributed by atoms with Gasteiger partial charge in [0.15, 0.2) is 16.7 Å². The summed E-state index contributed by atoms with van der Waals surface area (Å²) in [6.07, 6.45) is 1.63. The number of nitrogens with zero attached hydrogens (tertiary/aromatic N) is 2. The molecule has 2 heterocycles. The monoisotopic (exact) mass is 450 g/mol. The number of amides is 1. The molecule has 2 aromatic heterocycles. The number of thioether (sulfide) groups is 1. The van der Waals surface area contributed by atoms with Crippen LogP contribution in [0.1, 0.15) is 0 Å². The van der Waals surface area contributed by atoms with Crippen LogP contribution in [0.3, 0.4) is 0 Å². The summed E-state index contributed by atoms with van der Waals surface area (Å²) in [7, 11) is 3.08. The molecule has 2 N–H and O–H groups in total. The van der Waals surface area contributed by atoms with E-state index in [-0.39, 0.29) is 23.8 Å². The highest BCUT2D eigenvalue weighted by molar-refractivity contribution is 7.99. The first-order valence-electron chi connectivity index (χ1n) is 9.82. The van der Waals surface area contributed by atoms with Crippen LogP contribution in [0.25, 0.3) is 21.9 Å². The van der Waals surface area contributed by atoms with Gasteiger partial charge < -0.3 is 19.8 Å². The van der Waals surface area contributed by atoms with E-state index in [4.69, 9.17) is 14.5 Å². The van der Waals surface area contributed by atoms with Crippen LogP contribution in [0.4, 0.5) is 5.69 Å². The van der Waals surface area contributed by atoms with Gasteiger partial charge >= 0.3 is 0 Å². The summed E-state index contributed by atoms with van der Waals surface area (Å²) in [5.74, 6) is 0.931. The molecule has 0 radical (unpaired) electrons. The molecule has 164 valence electrons. The fraction of sp³-hybridized carbons (Fsp3) is 0.174. The van der Waals surface area contributed by atoms with E-state index < -0.39 is 0 Å². The van der Waals surface area contributed by atoms with Gasteiger partial charge in [-0.05, 0) is 18.2 Å². The number of carbonyl (C=O) groups is 1. The van der Waals surface area contributed by atoms with Crippen molar-refractivity contribution in [3.8, 4) is 11.5 Å². The van der Waals surface area contributed by atoms with Crippen LogP contribution >= 0.6 is 11.8 Å². The number of methoxy groups -OCH3 is 2. The SMILES string of the molecule is C=CCn1c(SCC(=O)Nc2ccc(OC)c(OC)c2)nc2c([nH]c3ccccc32)c1=O. The molecule has 0 atom stereocenters. The molecule has 0 saturated carbocycles. The minimum atomic E-state index is -0.236. The minimum absolute atomic E-state index is 0.0752. The van der Waals surface area contributed by atoms with Crippen LogP contribution in [-0.2, 0) is 11.3 Å². The Kier molecular flexibility index (Phi) is 6.18. The maximum atomic E-state index is 13.1. The number of rotatable bonds is 8. The molecule has 4 aromatic rings. The van der Waals surface area contributed by atoms with Crippen LogP contribution in [0.15, 0.2) is 65.1 Å². The lowest BCUT2D eigenvalue weighted by Crippen LogP contribution is -2.23. The predicted octanol–water partition coefficient (Wildman–Crippen LogP) is 3.81. The second kappa shape index (κ2) is 9.19. The van der Waals surface area contributed by atoms with Gasteiger partial charge in [-0.3, -0.25) is 14.2 Å². The minimum Gasteiger partial charge on any atom is -0.493 e. The molecule has 1 amide bonds. The highest BCUT2D eigenvalue weighted by Crippen LogP contribution is 2.30. The lowest BCUT2D eigenvalue weighted by atomic mass is 10.2. The number of ether oxygens (including phenoxy) is 2. The summed E-state index contributed by atoms with van der Waals surface area (Å²) >= 11 is 1.20. The van der Waals surface area contributed by atoms with E-state index >= 15 is 0 Å². The smallest absolute Gasteiger partial charge is 0.278 e. The quantitative estimate of drug-likeness (QED) is 0.241. The summed E-state index contributed by atoms with van der Waals surface area (Å²) in [6.45, 7) is 4.02. The maximum Gasteiger partial charge on any atom is 0.278 e. The van der Waals surface area contributed by atoms with Gasteiger partial charge in [-0.1, -0.05) is 36.0 Å². The van der Waals surface area contributed by atoms with Crippen LogP contribution in [0.2, 0.25) is 0 Å². The first-order chi connectivity index (χ1) is 15.5. The summed E-state index contributed by atoms with van der Waals surface area (Å²) < 4.78 is 12.0. The first kappa shape index (κ1) is 21.5. The van der Waals surface area contributed by atoms with Crippen molar-refractivity contribution in [1.82, 2.24) is 14.5 Å². The lowest BCUT2D eigenvalue weighted by molar-refractivity contribution is -0.113. The molecule has 9 heteroatoms. The Bertz CT molecular complexity index is 1380. The number of fused-ring (bicyclic) bond motifs is 3. The number of hydrogen-bond acceptors (Lipinski definition) is 6. The second-order valence-electron chi connectivity index (χ2n) is 6.90. The summed E-state index contributed by atoms with van der Waals surface area (Å²) in [5, 5.41) is 4.15. The normalized spacial score (nSPS) is 10.9. The number of carbonyl (C=O) groups excluding carboxylic acids is 1. The van der Waals surface area contributed by atoms with Crippen molar-refractivity contribution in [3.05, 3.63) is 65.5 Å². The van der Waals surface area contributed by atoms with Crippen molar-refractivity contribution in [1.29, 1.82) is 0 Å². The molecule has 0 aliphatic rings. The molecule has 32 heavy (non-hydrogen) atoms. The summed E-state index contributed by atoms with van der Waals surface area (Å²) in [5.41, 5.74) is 2.25. The van der Waals surface area contributed by atoms with E-state index in [1.165, 1.54) is 23.4 Å². The Labute approximate surface area is 188 Å². The Morgan fingerprint density at radius 3 is 2.75 bits per heavy atom. The Morgan fingerprint density at radius 2 is 2.00 bits per heavy atom. The molecule has 0 unspecified atom stereocenters. The number of hydrogen-bond donors (Lipinski definition) is 2. The zero-order valence-electron chi connectivity index (χ0n) is 17.7. The van der Waals surface area contributed by atoms with Gasteiger partial charge in [0.2, 0.25) is 5.91 Å². The van der Waals surface area contributed by atoms with Gasteiger partial charge in [-0.15, -0.1) is 6.58 Å². The average Bonchev–Trinajstić information content (AvgIpc) is 3.18. The van der Waals surface area contributed by atoms with Gasteiger partial charge in [0.1, 0.15) is 11.0 Å². The first-order valence-corrected chi connectivity index (χ1v) is 10.8. The highest BCUT2D eigenvalue weighted by atomic mass is 32.2. The molecule has 0 saturated heterocycles. The molecule has 0 spiro atoms. The van der Waals surface area contributed by atoms with Gasteiger partial charge in [0.05, 0.1) is 20.0 Å². The zero-order valence-corrected chi connectivity index (χ0v) is 18.5. The number of allylic oxidation sites excluding steroid dienone is 1. The average molecular weight is 451 g/mol. The summed E-state index contributed by atoms with van der Waals surface area (Å²) in [6, 6.07) is 12.7. The molecular weight excluding hydrogens is 428 g/mol. The lowest BCUT2D eigenvalue weighted by Gasteiger charge is -2.12. The zero-order chi connectivity index (χ0) is 22.7. The standard InChI is InChI=1S/C23H22N4O4S/c1-4-11-27-22(29)21-20(15-7-5-6-8-16(15)25-21)26-23(27)32-13-19(28)24-14-9-10-17(30-2)18(12-14)31-3/h4-10,12,25H,1,11,13H2,2-3H3,(H,24,28). The molecular formula is C23H22N4O4S. The van der Waals surface area contributed by atoms with Gasteiger partial charge in [-0.2, -0.15) is 0 Å². The largest absolute Gasteiger partial charge is 0.493 e. The van der Waals surface area contributed by atoms with Crippen molar-refractivity contribution in [2.45, 2.75) is 11.7 Å². The Morgan fingerprint density at radius 1 is 1.22 bits per heavy atom. The molecule has 0 bridgehead atoms. The van der Waals surface area contributed by atoms with Crippen LogP contribution in [0.5, 0.6) is 11.5 Å². The van der Waals surface area contributed by atoms with Gasteiger partial charge in [0, 0.05) is 29.2 Å². The molecule has 0 aliphatic heterocycles. The summed E-state index contributed by atoms with van der Waals surface area (Å²) in [4.78, 5) is 33.5. The molecule has 4 rings (SSSR count). The third-order valence-corrected chi connectivity index (χ3v) is 5.86. The van der Waals surface area contributed by atoms with Crippen molar-refractivity contribution < 1.29 is 14.3 Å². The van der Waals surface area contributed by atoms with E-state index in [0.29, 0.717) is 33.4 Å². The highest BCUT2D eigenvalue weighted by Gasteiger charge is 2.16. The fourth-order valence-electron chi connectivity index (χ4n) is 3.42. The van der Waals surface area contributed by atoms with E-state index in [1.54, 1.807) is 31.4 Å². The van der Waals surface area contributed by atoms with Crippen LogP contribution in [0, 0.1) is 0 Å². The van der Waals surface area contributed by atoms with Crippen molar-refractivity contribution >= 4 is 45.3 Å². The third-order valence-electron chi connectivity index (χ3n) is 4.89. The van der Waals surface area contributed by atoms with E-state index in [2.05, 4.69) is 16.9 Å². The topological polar surface area (TPSA) is 98.2 Å². The van der Waals surface area contributed by atoms with Crippen LogP contribution in [-0.4, -0.2) is 40.4 Å². The van der Waals surface area contributed by atoms with Crippen LogP contribution < -0.4 is 20.3 Å². The Hall–Kier alpha value is -3.72. The third kappa shape index (κ3) is 4.06. The fourth-order valence-corrected chi connectivity index (χ4v) is 4.22. The van der Waals surface area contributed by atoms with E-state index in [1.807, 2.05) is 24.3 Å². The van der Waals surface area contributed by atoms with Gasteiger partial charge in [0.25, 0.3) is 5.56 Å². The Balaban J connectivity index is 1.60. The van der Waals surface area contributed by atoms with Crippen molar-refractivity contribution in [3.63, 3.8) is 0 Å². The number of aromatic amines is 1. The molecule has 8 nitrogen and oxygen atoms in total. The van der Waals surface area contributed by atoms with E-state index in [0.717, 1.165) is 10.9 Å². The number of para-hydroxylation sites is 1. The predicted molar refractivity (Wildman–Crippen MR) is 127 cm³/mol. The van der Waals surface area contributed by atoms with Crippen molar-refractivity contribution in [2.24, 2.45) is 0 Å². The second-order valence-corrected chi connectivity index (χ2v) is 7.84.